The minimum Gasteiger partial charge on any atom is -0.366 e. The van der Waals surface area contributed by atoms with E-state index in [2.05, 4.69) is 37.9 Å². The molecular formula is C20H25FN2. The molecule has 0 heterocycles. The van der Waals surface area contributed by atoms with E-state index >= 15 is 0 Å². The van der Waals surface area contributed by atoms with E-state index in [1.165, 1.54) is 11.1 Å². The van der Waals surface area contributed by atoms with Crippen LogP contribution < -0.4 is 0 Å². The molecule has 2 aromatic carbocycles. The Hall–Kier alpha value is -2.16. The highest BCUT2D eigenvalue weighted by Crippen LogP contribution is 2.25. The zero-order valence-corrected chi connectivity index (χ0v) is 14.7. The molecule has 0 amide bonds. The van der Waals surface area contributed by atoms with Crippen LogP contribution in [0.1, 0.15) is 34.7 Å². The predicted molar refractivity (Wildman–Crippen MR) is 96.3 cm³/mol. The zero-order valence-electron chi connectivity index (χ0n) is 14.7. The number of hydrogen-bond acceptors (Lipinski definition) is 1. The Morgan fingerprint density at radius 1 is 1.04 bits per heavy atom. The standard InChI is InChI=1S/C20H25FN2/c1-6-23(5)13-22-20-10-15(3)18(9-16(20)4)11-17-8-7-14(2)19(21)12-17/h7-10,12-13H,6,11H2,1-5H3. The van der Waals surface area contributed by atoms with Gasteiger partial charge >= 0.3 is 0 Å². The first-order valence-electron chi connectivity index (χ1n) is 8.00. The van der Waals surface area contributed by atoms with E-state index in [1.807, 2.05) is 30.4 Å². The maximum Gasteiger partial charge on any atom is 0.126 e. The molecule has 0 saturated heterocycles. The van der Waals surface area contributed by atoms with Gasteiger partial charge in [0, 0.05) is 13.6 Å². The molecule has 0 N–H and O–H groups in total. The lowest BCUT2D eigenvalue weighted by atomic mass is 9.97. The molecule has 0 radical (unpaired) electrons. The number of aliphatic imine (C=N–C) groups is 1. The van der Waals surface area contributed by atoms with Gasteiger partial charge in [0.05, 0.1) is 12.0 Å². The number of rotatable bonds is 5. The number of nitrogens with zero attached hydrogens (tertiary/aromatic N) is 2. The van der Waals surface area contributed by atoms with Gasteiger partial charge in [0.1, 0.15) is 5.82 Å². The Labute approximate surface area is 138 Å². The molecule has 0 saturated carbocycles. The number of hydrogen-bond donors (Lipinski definition) is 0. The summed E-state index contributed by atoms with van der Waals surface area (Å²) in [4.78, 5) is 6.59. The first-order valence-corrected chi connectivity index (χ1v) is 8.00. The molecule has 2 aromatic rings. The fourth-order valence-electron chi connectivity index (χ4n) is 2.40. The zero-order chi connectivity index (χ0) is 17.0. The minimum absolute atomic E-state index is 0.138. The number of aryl methyl sites for hydroxylation is 3. The Kier molecular flexibility index (Phi) is 5.54. The predicted octanol–water partition coefficient (Wildman–Crippen LogP) is 4.95. The van der Waals surface area contributed by atoms with Crippen molar-refractivity contribution in [2.75, 3.05) is 13.6 Å². The summed E-state index contributed by atoms with van der Waals surface area (Å²) in [5.41, 5.74) is 6.21. The van der Waals surface area contributed by atoms with Gasteiger partial charge in [0.15, 0.2) is 0 Å². The van der Waals surface area contributed by atoms with Gasteiger partial charge in [-0.1, -0.05) is 18.2 Å². The van der Waals surface area contributed by atoms with Crippen LogP contribution in [0.4, 0.5) is 10.1 Å². The fourth-order valence-corrected chi connectivity index (χ4v) is 2.40. The Morgan fingerprint density at radius 3 is 2.43 bits per heavy atom. The average molecular weight is 312 g/mol. The van der Waals surface area contributed by atoms with Crippen LogP contribution in [0.2, 0.25) is 0 Å². The molecule has 2 nitrogen and oxygen atoms in total. The van der Waals surface area contributed by atoms with Gasteiger partial charge in [0.2, 0.25) is 0 Å². The fraction of sp³-hybridized carbons (Fsp3) is 0.350. The Bertz CT molecular complexity index is 720. The van der Waals surface area contributed by atoms with Crippen LogP contribution in [0, 0.1) is 26.6 Å². The molecule has 0 aromatic heterocycles. The Morgan fingerprint density at radius 2 is 1.78 bits per heavy atom. The van der Waals surface area contributed by atoms with Gasteiger partial charge in [-0.2, -0.15) is 0 Å². The third-order valence-corrected chi connectivity index (χ3v) is 4.18. The molecule has 0 fully saturated rings. The van der Waals surface area contributed by atoms with E-state index in [0.29, 0.717) is 5.56 Å². The molecule has 122 valence electrons. The van der Waals surface area contributed by atoms with Gasteiger partial charge in [-0.25, -0.2) is 9.38 Å². The monoisotopic (exact) mass is 312 g/mol. The van der Waals surface area contributed by atoms with E-state index < -0.39 is 0 Å². The molecule has 0 unspecified atom stereocenters. The summed E-state index contributed by atoms with van der Waals surface area (Å²) < 4.78 is 13.7. The SMILES string of the molecule is CCN(C)C=Nc1cc(C)c(Cc2ccc(C)c(F)c2)cc1C. The molecule has 0 spiro atoms. The minimum atomic E-state index is -0.138. The summed E-state index contributed by atoms with van der Waals surface area (Å²) >= 11 is 0. The highest BCUT2D eigenvalue weighted by Gasteiger charge is 2.07. The van der Waals surface area contributed by atoms with Crippen LogP contribution in [0.3, 0.4) is 0 Å². The first-order chi connectivity index (χ1) is 10.9. The molecule has 0 atom stereocenters. The largest absolute Gasteiger partial charge is 0.366 e. The highest BCUT2D eigenvalue weighted by atomic mass is 19.1. The Balaban J connectivity index is 2.25. The topological polar surface area (TPSA) is 15.6 Å². The van der Waals surface area contributed by atoms with Crippen molar-refractivity contribution in [3.05, 3.63) is 64.0 Å². The molecule has 0 aliphatic heterocycles. The first kappa shape index (κ1) is 17.2. The van der Waals surface area contributed by atoms with Crippen molar-refractivity contribution in [2.45, 2.75) is 34.1 Å². The van der Waals surface area contributed by atoms with Crippen LogP contribution in [0.5, 0.6) is 0 Å². The summed E-state index contributed by atoms with van der Waals surface area (Å²) in [6, 6.07) is 9.73. The number of halogens is 1. The summed E-state index contributed by atoms with van der Waals surface area (Å²) in [7, 11) is 2.01. The van der Waals surface area contributed by atoms with Gasteiger partial charge in [-0.15, -0.1) is 0 Å². The number of benzene rings is 2. The van der Waals surface area contributed by atoms with Crippen LogP contribution in [0.15, 0.2) is 35.3 Å². The quantitative estimate of drug-likeness (QED) is 0.563. The lowest BCUT2D eigenvalue weighted by Crippen LogP contribution is -2.14. The normalized spacial score (nSPS) is 11.2. The smallest absolute Gasteiger partial charge is 0.126 e. The molecule has 0 aliphatic rings. The van der Waals surface area contributed by atoms with E-state index in [9.17, 15) is 4.39 Å². The summed E-state index contributed by atoms with van der Waals surface area (Å²) in [5.74, 6) is -0.138. The van der Waals surface area contributed by atoms with Crippen LogP contribution in [-0.2, 0) is 6.42 Å². The van der Waals surface area contributed by atoms with Crippen molar-refractivity contribution in [3.63, 3.8) is 0 Å². The maximum atomic E-state index is 13.7. The maximum absolute atomic E-state index is 13.7. The van der Waals surface area contributed by atoms with Crippen molar-refractivity contribution in [1.29, 1.82) is 0 Å². The lowest BCUT2D eigenvalue weighted by Gasteiger charge is -2.12. The third-order valence-electron chi connectivity index (χ3n) is 4.18. The second-order valence-corrected chi connectivity index (χ2v) is 6.14. The molecule has 23 heavy (non-hydrogen) atoms. The van der Waals surface area contributed by atoms with Crippen molar-refractivity contribution in [1.82, 2.24) is 4.90 Å². The van der Waals surface area contributed by atoms with Crippen LogP contribution in [0.25, 0.3) is 0 Å². The molecular weight excluding hydrogens is 287 g/mol. The van der Waals surface area contributed by atoms with Crippen molar-refractivity contribution in [2.24, 2.45) is 4.99 Å². The van der Waals surface area contributed by atoms with Crippen molar-refractivity contribution in [3.8, 4) is 0 Å². The van der Waals surface area contributed by atoms with E-state index in [-0.39, 0.29) is 5.82 Å². The summed E-state index contributed by atoms with van der Waals surface area (Å²) in [6.45, 7) is 8.96. The molecule has 0 aliphatic carbocycles. The molecule has 3 heteroatoms. The van der Waals surface area contributed by atoms with Gasteiger partial charge < -0.3 is 4.90 Å². The summed E-state index contributed by atoms with van der Waals surface area (Å²) in [5, 5.41) is 0. The average Bonchev–Trinajstić information content (AvgIpc) is 2.52. The van der Waals surface area contributed by atoms with E-state index in [4.69, 9.17) is 0 Å². The molecule has 0 bridgehead atoms. The van der Waals surface area contributed by atoms with Crippen LogP contribution >= 0.6 is 0 Å². The van der Waals surface area contributed by atoms with E-state index in [0.717, 1.165) is 29.8 Å². The lowest BCUT2D eigenvalue weighted by molar-refractivity contribution is 0.552. The van der Waals surface area contributed by atoms with Gasteiger partial charge in [-0.3, -0.25) is 0 Å². The van der Waals surface area contributed by atoms with Crippen molar-refractivity contribution >= 4 is 12.0 Å². The summed E-state index contributed by atoms with van der Waals surface area (Å²) in [6.07, 6.45) is 2.60. The van der Waals surface area contributed by atoms with Gasteiger partial charge in [-0.05, 0) is 74.1 Å². The highest BCUT2D eigenvalue weighted by molar-refractivity contribution is 5.64. The van der Waals surface area contributed by atoms with Gasteiger partial charge in [0.25, 0.3) is 0 Å². The van der Waals surface area contributed by atoms with Crippen LogP contribution in [-0.4, -0.2) is 24.8 Å². The second-order valence-electron chi connectivity index (χ2n) is 6.14. The van der Waals surface area contributed by atoms with E-state index in [1.54, 1.807) is 13.0 Å². The molecule has 2 rings (SSSR count). The second kappa shape index (κ2) is 7.40. The van der Waals surface area contributed by atoms with Crippen molar-refractivity contribution < 1.29 is 4.39 Å². The third kappa shape index (κ3) is 4.41.